The van der Waals surface area contributed by atoms with Gasteiger partial charge in [-0.1, -0.05) is 41.9 Å². The predicted octanol–water partition coefficient (Wildman–Crippen LogP) is 2.24. The molecule has 0 atom stereocenters. The molecule has 7 heteroatoms. The lowest BCUT2D eigenvalue weighted by Crippen LogP contribution is -2.24. The number of hydrogen-bond acceptors (Lipinski definition) is 4. The highest BCUT2D eigenvalue weighted by Gasteiger charge is 2.17. The van der Waals surface area contributed by atoms with E-state index in [1.165, 1.54) is 10.2 Å². The van der Waals surface area contributed by atoms with Crippen molar-refractivity contribution in [3.05, 3.63) is 81.0 Å². The van der Waals surface area contributed by atoms with Crippen molar-refractivity contribution < 1.29 is 0 Å². The number of rotatable bonds is 4. The van der Waals surface area contributed by atoms with Crippen LogP contribution in [0.1, 0.15) is 22.9 Å². The lowest BCUT2D eigenvalue weighted by atomic mass is 10.0. The summed E-state index contributed by atoms with van der Waals surface area (Å²) in [6.07, 6.45) is 0. The summed E-state index contributed by atoms with van der Waals surface area (Å²) < 4.78 is 3.08. The molecule has 2 heterocycles. The van der Waals surface area contributed by atoms with Gasteiger partial charge in [0.25, 0.3) is 0 Å². The van der Waals surface area contributed by atoms with Crippen molar-refractivity contribution >= 4 is 11.6 Å². The van der Waals surface area contributed by atoms with E-state index in [1.807, 2.05) is 43.3 Å². The molecule has 0 aliphatic carbocycles. The fourth-order valence-electron chi connectivity index (χ4n) is 3.23. The minimum absolute atomic E-state index is 0.167. The van der Waals surface area contributed by atoms with E-state index in [1.54, 1.807) is 4.57 Å². The highest BCUT2D eigenvalue weighted by molar-refractivity contribution is 6.31. The van der Waals surface area contributed by atoms with Gasteiger partial charge in [-0.3, -0.25) is 15.4 Å². The first-order valence-electron chi connectivity index (χ1n) is 8.59. The number of aromatic nitrogens is 3. The summed E-state index contributed by atoms with van der Waals surface area (Å²) in [7, 11) is 0. The zero-order chi connectivity index (χ0) is 18.1. The van der Waals surface area contributed by atoms with Crippen molar-refractivity contribution in [2.24, 2.45) is 0 Å². The van der Waals surface area contributed by atoms with Crippen molar-refractivity contribution in [2.45, 2.75) is 19.4 Å². The summed E-state index contributed by atoms with van der Waals surface area (Å²) >= 11 is 6.23. The Bertz CT molecular complexity index is 970. The Kier molecular flexibility index (Phi) is 4.63. The third kappa shape index (κ3) is 3.19. The number of aryl methyl sites for hydroxylation is 1. The first-order valence-corrected chi connectivity index (χ1v) is 8.97. The Hall–Kier alpha value is -2.41. The number of nitrogens with one attached hydrogen (secondary N) is 2. The Labute approximate surface area is 156 Å². The van der Waals surface area contributed by atoms with Crippen molar-refractivity contribution in [1.29, 1.82) is 0 Å². The van der Waals surface area contributed by atoms with Crippen LogP contribution in [0.5, 0.6) is 0 Å². The summed E-state index contributed by atoms with van der Waals surface area (Å²) in [5.74, 6) is 1.10. The normalized spacial score (nSPS) is 14.8. The molecule has 1 aliphatic heterocycles. The van der Waals surface area contributed by atoms with Gasteiger partial charge in [0.05, 0.1) is 12.2 Å². The van der Waals surface area contributed by atoms with Crippen molar-refractivity contribution in [1.82, 2.24) is 25.2 Å². The molecule has 6 nitrogen and oxygen atoms in total. The molecule has 0 saturated carbocycles. The van der Waals surface area contributed by atoms with E-state index in [-0.39, 0.29) is 5.69 Å². The molecule has 134 valence electrons. The Morgan fingerprint density at radius 3 is 2.50 bits per heavy atom. The average Bonchev–Trinajstić information content (AvgIpc) is 3.28. The number of benzene rings is 2. The summed E-state index contributed by atoms with van der Waals surface area (Å²) in [5.41, 5.74) is 9.00. The van der Waals surface area contributed by atoms with Gasteiger partial charge < -0.3 is 0 Å². The molecule has 1 aromatic heterocycles. The van der Waals surface area contributed by atoms with Crippen LogP contribution in [0.4, 0.5) is 0 Å². The van der Waals surface area contributed by atoms with Crippen LogP contribution in [-0.4, -0.2) is 27.4 Å². The molecule has 1 fully saturated rings. The molecule has 0 bridgehead atoms. The molecule has 2 aromatic carbocycles. The van der Waals surface area contributed by atoms with Gasteiger partial charge in [0.1, 0.15) is 5.82 Å². The van der Waals surface area contributed by atoms with Crippen LogP contribution in [0, 0.1) is 6.92 Å². The van der Waals surface area contributed by atoms with Gasteiger partial charge in [-0.05, 0) is 36.2 Å². The lowest BCUT2D eigenvalue weighted by Gasteiger charge is -2.08. The average molecular weight is 370 g/mol. The molecule has 0 unspecified atom stereocenters. The smallest absolute Gasteiger partial charge is 0.274 e. The van der Waals surface area contributed by atoms with Crippen LogP contribution in [0.15, 0.2) is 53.3 Å². The Balaban J connectivity index is 1.64. The minimum Gasteiger partial charge on any atom is -0.274 e. The fraction of sp³-hybridized carbons (Fsp3) is 0.263. The predicted molar refractivity (Wildman–Crippen MR) is 102 cm³/mol. The lowest BCUT2D eigenvalue weighted by molar-refractivity contribution is 0.689. The third-order valence-electron chi connectivity index (χ3n) is 4.76. The quantitative estimate of drug-likeness (QED) is 0.740. The summed E-state index contributed by atoms with van der Waals surface area (Å²) in [5, 5.41) is 5.08. The van der Waals surface area contributed by atoms with E-state index in [0.29, 0.717) is 23.3 Å². The first kappa shape index (κ1) is 17.0. The maximum Gasteiger partial charge on any atom is 0.351 e. The first-order chi connectivity index (χ1) is 12.6. The number of halogens is 1. The van der Waals surface area contributed by atoms with Crippen LogP contribution in [0.2, 0.25) is 5.02 Å². The highest BCUT2D eigenvalue weighted by atomic mass is 35.5. The molecule has 1 aliphatic rings. The van der Waals surface area contributed by atoms with Gasteiger partial charge in [-0.2, -0.15) is 9.78 Å². The third-order valence-corrected chi connectivity index (χ3v) is 5.13. The SMILES string of the molecule is Cc1nn(-c2ccc(C3CNNC3)cc2)c(=O)n1Cc1ccccc1Cl. The molecule has 0 amide bonds. The van der Waals surface area contributed by atoms with Gasteiger partial charge in [0.2, 0.25) is 0 Å². The topological polar surface area (TPSA) is 63.9 Å². The van der Waals surface area contributed by atoms with Gasteiger partial charge in [-0.15, -0.1) is 0 Å². The maximum atomic E-state index is 12.8. The van der Waals surface area contributed by atoms with Crippen molar-refractivity contribution in [3.8, 4) is 5.69 Å². The number of hydrogen-bond donors (Lipinski definition) is 2. The van der Waals surface area contributed by atoms with Gasteiger partial charge in [0, 0.05) is 24.0 Å². The van der Waals surface area contributed by atoms with Crippen LogP contribution >= 0.6 is 11.6 Å². The van der Waals surface area contributed by atoms with Gasteiger partial charge in [-0.25, -0.2) is 4.79 Å². The number of hydrazine groups is 1. The number of nitrogens with zero attached hydrogens (tertiary/aromatic N) is 3. The Morgan fingerprint density at radius 2 is 1.81 bits per heavy atom. The molecule has 2 N–H and O–H groups in total. The van der Waals surface area contributed by atoms with Crippen molar-refractivity contribution in [3.63, 3.8) is 0 Å². The van der Waals surface area contributed by atoms with Gasteiger partial charge in [0.15, 0.2) is 0 Å². The van der Waals surface area contributed by atoms with E-state index in [0.717, 1.165) is 24.3 Å². The monoisotopic (exact) mass is 369 g/mol. The molecule has 4 rings (SSSR count). The van der Waals surface area contributed by atoms with Crippen molar-refractivity contribution in [2.75, 3.05) is 13.1 Å². The minimum atomic E-state index is -0.167. The maximum absolute atomic E-state index is 12.8. The van der Waals surface area contributed by atoms with Gasteiger partial charge >= 0.3 is 5.69 Å². The van der Waals surface area contributed by atoms with Crippen LogP contribution in [-0.2, 0) is 6.54 Å². The van der Waals surface area contributed by atoms with E-state index in [9.17, 15) is 4.79 Å². The molecular formula is C19H20ClN5O. The largest absolute Gasteiger partial charge is 0.351 e. The second-order valence-electron chi connectivity index (χ2n) is 6.47. The van der Waals surface area contributed by atoms with Crippen LogP contribution in [0.3, 0.4) is 0 Å². The second-order valence-corrected chi connectivity index (χ2v) is 6.88. The zero-order valence-corrected chi connectivity index (χ0v) is 15.2. The molecular weight excluding hydrogens is 350 g/mol. The molecule has 3 aromatic rings. The molecule has 26 heavy (non-hydrogen) atoms. The summed E-state index contributed by atoms with van der Waals surface area (Å²) in [4.78, 5) is 12.8. The zero-order valence-electron chi connectivity index (χ0n) is 14.4. The van der Waals surface area contributed by atoms with Crippen LogP contribution < -0.4 is 16.5 Å². The van der Waals surface area contributed by atoms with E-state index < -0.39 is 0 Å². The second kappa shape index (κ2) is 7.07. The Morgan fingerprint density at radius 1 is 1.12 bits per heavy atom. The fourth-order valence-corrected chi connectivity index (χ4v) is 3.42. The standard InChI is InChI=1S/C19H20ClN5O/c1-13-23-25(17-8-6-14(7-9-17)16-10-21-22-11-16)19(26)24(13)12-15-4-2-3-5-18(15)20/h2-9,16,21-22H,10-12H2,1H3. The van der Waals surface area contributed by atoms with E-state index in [2.05, 4.69) is 28.1 Å². The van der Waals surface area contributed by atoms with E-state index >= 15 is 0 Å². The molecule has 0 spiro atoms. The molecule has 0 radical (unpaired) electrons. The highest BCUT2D eigenvalue weighted by Crippen LogP contribution is 2.19. The summed E-state index contributed by atoms with van der Waals surface area (Å²) in [6, 6.07) is 15.5. The van der Waals surface area contributed by atoms with Crippen LogP contribution in [0.25, 0.3) is 5.69 Å². The summed E-state index contributed by atoms with van der Waals surface area (Å²) in [6.45, 7) is 4.05. The molecule has 1 saturated heterocycles. The van der Waals surface area contributed by atoms with E-state index in [4.69, 9.17) is 11.6 Å².